The van der Waals surface area contributed by atoms with E-state index in [1.54, 1.807) is 18.5 Å². The molecule has 0 bridgehead atoms. The molecule has 0 spiro atoms. The minimum absolute atomic E-state index is 0.0268. The number of nitrogens with zero attached hydrogens (tertiary/aromatic N) is 4. The van der Waals surface area contributed by atoms with E-state index >= 15 is 0 Å². The Bertz CT molecular complexity index is 800. The molecular formula is C19H26N4O3. The van der Waals surface area contributed by atoms with Crippen molar-refractivity contribution in [1.82, 2.24) is 19.7 Å². The fourth-order valence-electron chi connectivity index (χ4n) is 3.40. The van der Waals surface area contributed by atoms with Gasteiger partial charge in [-0.05, 0) is 33.8 Å². The lowest BCUT2D eigenvalue weighted by Crippen LogP contribution is -2.43. The maximum atomic E-state index is 13.2. The van der Waals surface area contributed by atoms with E-state index in [1.165, 1.54) is 0 Å². The van der Waals surface area contributed by atoms with Crippen molar-refractivity contribution in [3.63, 3.8) is 0 Å². The van der Waals surface area contributed by atoms with Crippen LogP contribution < -0.4 is 4.74 Å². The van der Waals surface area contributed by atoms with E-state index in [4.69, 9.17) is 9.47 Å². The Morgan fingerprint density at radius 2 is 2.12 bits per heavy atom. The van der Waals surface area contributed by atoms with Crippen molar-refractivity contribution < 1.29 is 14.3 Å². The molecule has 1 amide bonds. The third-order valence-corrected chi connectivity index (χ3v) is 4.62. The summed E-state index contributed by atoms with van der Waals surface area (Å²) in [6, 6.07) is 1.60. The molecule has 26 heavy (non-hydrogen) atoms. The standard InChI is InChI=1S/C19H26N4O3/c1-12(2)26-16-8-15(9-20-10-16)19(24)23-6-7-25-11-17(23)18-13(3)21-22(5)14(18)4/h8-10,12,17H,6-7,11H2,1-5H3. The van der Waals surface area contributed by atoms with Crippen LogP contribution in [0.5, 0.6) is 5.75 Å². The van der Waals surface area contributed by atoms with Crippen LogP contribution in [0.15, 0.2) is 18.5 Å². The van der Waals surface area contributed by atoms with Crippen molar-refractivity contribution in [2.24, 2.45) is 7.05 Å². The van der Waals surface area contributed by atoms with Gasteiger partial charge in [-0.2, -0.15) is 5.10 Å². The number of amides is 1. The van der Waals surface area contributed by atoms with Gasteiger partial charge in [0, 0.05) is 31.0 Å². The number of aryl methyl sites for hydroxylation is 2. The van der Waals surface area contributed by atoms with Gasteiger partial charge in [0.05, 0.1) is 42.8 Å². The Kier molecular flexibility index (Phi) is 5.27. The van der Waals surface area contributed by atoms with E-state index in [9.17, 15) is 4.79 Å². The molecule has 1 fully saturated rings. The number of hydrogen-bond acceptors (Lipinski definition) is 5. The van der Waals surface area contributed by atoms with Gasteiger partial charge in [0.2, 0.25) is 0 Å². The van der Waals surface area contributed by atoms with E-state index in [-0.39, 0.29) is 18.1 Å². The predicted molar refractivity (Wildman–Crippen MR) is 97.3 cm³/mol. The molecule has 7 heteroatoms. The van der Waals surface area contributed by atoms with Crippen LogP contribution in [-0.2, 0) is 11.8 Å². The maximum Gasteiger partial charge on any atom is 0.256 e. The number of hydrogen-bond donors (Lipinski definition) is 0. The van der Waals surface area contributed by atoms with Crippen molar-refractivity contribution in [3.05, 3.63) is 41.0 Å². The largest absolute Gasteiger partial charge is 0.489 e. The number of morpholine rings is 1. The molecule has 1 aliphatic heterocycles. The zero-order chi connectivity index (χ0) is 18.8. The first-order valence-electron chi connectivity index (χ1n) is 8.89. The minimum atomic E-state index is -0.153. The van der Waals surface area contributed by atoms with Crippen LogP contribution in [-0.4, -0.2) is 51.4 Å². The molecule has 2 aromatic rings. The summed E-state index contributed by atoms with van der Waals surface area (Å²) in [4.78, 5) is 19.2. The first-order valence-corrected chi connectivity index (χ1v) is 8.89. The monoisotopic (exact) mass is 358 g/mol. The highest BCUT2D eigenvalue weighted by Crippen LogP contribution is 2.30. The van der Waals surface area contributed by atoms with E-state index in [0.717, 1.165) is 17.0 Å². The Morgan fingerprint density at radius 1 is 1.35 bits per heavy atom. The van der Waals surface area contributed by atoms with Gasteiger partial charge in [0.25, 0.3) is 5.91 Å². The zero-order valence-corrected chi connectivity index (χ0v) is 16.0. The summed E-state index contributed by atoms with van der Waals surface area (Å²) in [7, 11) is 1.92. The number of ether oxygens (including phenoxy) is 2. The van der Waals surface area contributed by atoms with Crippen LogP contribution >= 0.6 is 0 Å². The normalized spacial score (nSPS) is 17.6. The van der Waals surface area contributed by atoms with E-state index < -0.39 is 0 Å². The molecule has 1 atom stereocenters. The van der Waals surface area contributed by atoms with Crippen molar-refractivity contribution in [1.29, 1.82) is 0 Å². The summed E-state index contributed by atoms with van der Waals surface area (Å²) in [5, 5.41) is 4.49. The molecule has 3 heterocycles. The fraction of sp³-hybridized carbons (Fsp3) is 0.526. The molecule has 7 nitrogen and oxygen atoms in total. The molecule has 0 saturated carbocycles. The molecule has 140 valence electrons. The SMILES string of the molecule is Cc1nn(C)c(C)c1C1COCCN1C(=O)c1cncc(OC(C)C)c1. The summed E-state index contributed by atoms with van der Waals surface area (Å²) >= 11 is 0. The second-order valence-electron chi connectivity index (χ2n) is 6.87. The second kappa shape index (κ2) is 7.45. The van der Waals surface area contributed by atoms with Crippen LogP contribution in [0.1, 0.15) is 47.2 Å². The lowest BCUT2D eigenvalue weighted by molar-refractivity contribution is -0.00309. The van der Waals surface area contributed by atoms with Crippen LogP contribution in [0.3, 0.4) is 0 Å². The highest BCUT2D eigenvalue weighted by atomic mass is 16.5. The summed E-state index contributed by atoms with van der Waals surface area (Å²) in [5.41, 5.74) is 3.55. The van der Waals surface area contributed by atoms with Gasteiger partial charge >= 0.3 is 0 Å². The Labute approximate surface area is 153 Å². The summed E-state index contributed by atoms with van der Waals surface area (Å²) in [5.74, 6) is 0.534. The number of carbonyl (C=O) groups excluding carboxylic acids is 1. The van der Waals surface area contributed by atoms with Crippen molar-refractivity contribution in [2.45, 2.75) is 39.8 Å². The van der Waals surface area contributed by atoms with Crippen LogP contribution in [0, 0.1) is 13.8 Å². The summed E-state index contributed by atoms with van der Waals surface area (Å²) < 4.78 is 13.2. The van der Waals surface area contributed by atoms with Gasteiger partial charge in [0.15, 0.2) is 0 Å². The molecular weight excluding hydrogens is 332 g/mol. The fourth-order valence-corrected chi connectivity index (χ4v) is 3.40. The second-order valence-corrected chi connectivity index (χ2v) is 6.87. The molecule has 0 N–H and O–H groups in total. The van der Waals surface area contributed by atoms with Gasteiger partial charge in [-0.25, -0.2) is 0 Å². The highest BCUT2D eigenvalue weighted by molar-refractivity contribution is 5.94. The zero-order valence-electron chi connectivity index (χ0n) is 16.0. The van der Waals surface area contributed by atoms with E-state index in [0.29, 0.717) is 31.1 Å². The lowest BCUT2D eigenvalue weighted by Gasteiger charge is -2.36. The van der Waals surface area contributed by atoms with E-state index in [1.807, 2.05) is 44.3 Å². The minimum Gasteiger partial charge on any atom is -0.489 e. The number of pyridine rings is 1. The average Bonchev–Trinajstić information content (AvgIpc) is 2.86. The average molecular weight is 358 g/mol. The lowest BCUT2D eigenvalue weighted by atomic mass is 10.0. The van der Waals surface area contributed by atoms with E-state index in [2.05, 4.69) is 10.1 Å². The van der Waals surface area contributed by atoms with Crippen LogP contribution in [0.25, 0.3) is 0 Å². The van der Waals surface area contributed by atoms with Gasteiger partial charge in [-0.1, -0.05) is 0 Å². The van der Waals surface area contributed by atoms with Gasteiger partial charge < -0.3 is 14.4 Å². The molecule has 1 unspecified atom stereocenters. The first-order chi connectivity index (χ1) is 12.4. The van der Waals surface area contributed by atoms with Gasteiger partial charge in [-0.3, -0.25) is 14.5 Å². The Morgan fingerprint density at radius 3 is 2.77 bits per heavy atom. The molecule has 2 aromatic heterocycles. The van der Waals surface area contributed by atoms with Crippen molar-refractivity contribution in [2.75, 3.05) is 19.8 Å². The highest BCUT2D eigenvalue weighted by Gasteiger charge is 2.33. The predicted octanol–water partition coefficient (Wildman–Crippen LogP) is 2.43. The first kappa shape index (κ1) is 18.4. The smallest absolute Gasteiger partial charge is 0.256 e. The Hall–Kier alpha value is -2.41. The molecule has 1 saturated heterocycles. The molecule has 1 aliphatic rings. The number of aromatic nitrogens is 3. The molecule has 0 radical (unpaired) electrons. The maximum absolute atomic E-state index is 13.2. The van der Waals surface area contributed by atoms with Crippen molar-refractivity contribution >= 4 is 5.91 Å². The molecule has 0 aromatic carbocycles. The summed E-state index contributed by atoms with van der Waals surface area (Å²) in [6.07, 6.45) is 3.24. The molecule has 3 rings (SSSR count). The quantitative estimate of drug-likeness (QED) is 0.840. The van der Waals surface area contributed by atoms with Crippen LogP contribution in [0.4, 0.5) is 0 Å². The van der Waals surface area contributed by atoms with Gasteiger partial charge in [0.1, 0.15) is 5.75 Å². The number of rotatable bonds is 4. The summed E-state index contributed by atoms with van der Waals surface area (Å²) in [6.45, 7) is 9.40. The van der Waals surface area contributed by atoms with Crippen LogP contribution in [0.2, 0.25) is 0 Å². The van der Waals surface area contributed by atoms with Crippen molar-refractivity contribution in [3.8, 4) is 5.75 Å². The Balaban J connectivity index is 1.91. The third kappa shape index (κ3) is 3.58. The number of carbonyl (C=O) groups is 1. The van der Waals surface area contributed by atoms with Gasteiger partial charge in [-0.15, -0.1) is 0 Å². The molecule has 0 aliphatic carbocycles. The third-order valence-electron chi connectivity index (χ3n) is 4.62. The topological polar surface area (TPSA) is 69.5 Å².